The van der Waals surface area contributed by atoms with Crippen molar-refractivity contribution in [3.05, 3.63) is 74.6 Å². The van der Waals surface area contributed by atoms with Gasteiger partial charge in [-0.2, -0.15) is 0 Å². The Bertz CT molecular complexity index is 1040. The van der Waals surface area contributed by atoms with Crippen molar-refractivity contribution in [1.82, 2.24) is 0 Å². The lowest BCUT2D eigenvalue weighted by Crippen LogP contribution is -2.20. The number of nitro benzene ring substituents is 1. The summed E-state index contributed by atoms with van der Waals surface area (Å²) < 4.78 is 10.3. The summed E-state index contributed by atoms with van der Waals surface area (Å²) in [5.74, 6) is -0.348. The molecule has 0 saturated carbocycles. The van der Waals surface area contributed by atoms with Crippen LogP contribution >= 0.6 is 0 Å². The number of nitro groups is 1. The minimum Gasteiger partial charge on any atom is -0.493 e. The van der Waals surface area contributed by atoms with E-state index < -0.39 is 16.5 Å². The lowest BCUT2D eigenvalue weighted by atomic mass is 10.1. The van der Waals surface area contributed by atoms with Crippen LogP contribution < -0.4 is 15.7 Å². The number of amides is 1. The lowest BCUT2D eigenvalue weighted by molar-refractivity contribution is -0.384. The summed E-state index contributed by atoms with van der Waals surface area (Å²) in [6.45, 7) is 0. The third-order valence-electron chi connectivity index (χ3n) is 3.50. The fraction of sp³-hybridized carbons (Fsp3) is 0.0588. The molecule has 0 aliphatic rings. The maximum Gasteiger partial charge on any atom is 0.349 e. The molecule has 0 saturated heterocycles. The second-order valence-corrected chi connectivity index (χ2v) is 5.09. The van der Waals surface area contributed by atoms with Gasteiger partial charge in [-0.3, -0.25) is 14.9 Å². The molecular formula is C17H12N2O6. The number of fused-ring (bicyclic) bond motifs is 1. The Kier molecular flexibility index (Phi) is 4.17. The van der Waals surface area contributed by atoms with Gasteiger partial charge in [0.05, 0.1) is 12.0 Å². The molecule has 0 aliphatic carbocycles. The van der Waals surface area contributed by atoms with Gasteiger partial charge >= 0.3 is 5.63 Å². The van der Waals surface area contributed by atoms with E-state index in [2.05, 4.69) is 5.32 Å². The quantitative estimate of drug-likeness (QED) is 0.444. The molecule has 8 nitrogen and oxygen atoms in total. The molecule has 1 N–H and O–H groups in total. The molecule has 8 heteroatoms. The molecule has 0 radical (unpaired) electrons. The minimum atomic E-state index is -0.833. The average Bonchev–Trinajstić information content (AvgIpc) is 2.60. The van der Waals surface area contributed by atoms with Gasteiger partial charge in [-0.1, -0.05) is 18.2 Å². The Morgan fingerprint density at radius 1 is 1.20 bits per heavy atom. The van der Waals surface area contributed by atoms with Crippen molar-refractivity contribution in [2.24, 2.45) is 0 Å². The Balaban J connectivity index is 1.97. The van der Waals surface area contributed by atoms with E-state index in [0.29, 0.717) is 11.1 Å². The van der Waals surface area contributed by atoms with E-state index in [9.17, 15) is 19.7 Å². The summed E-state index contributed by atoms with van der Waals surface area (Å²) in [5, 5.41) is 13.8. The van der Waals surface area contributed by atoms with E-state index in [4.69, 9.17) is 9.15 Å². The zero-order chi connectivity index (χ0) is 18.0. The van der Waals surface area contributed by atoms with E-state index in [-0.39, 0.29) is 22.5 Å². The second kappa shape index (κ2) is 6.44. The van der Waals surface area contributed by atoms with Gasteiger partial charge in [0.2, 0.25) is 0 Å². The summed E-state index contributed by atoms with van der Waals surface area (Å²) in [7, 11) is 1.44. The summed E-state index contributed by atoms with van der Waals surface area (Å²) in [6, 6.07) is 11.8. The molecule has 2 aromatic carbocycles. The first-order chi connectivity index (χ1) is 12.0. The van der Waals surface area contributed by atoms with Crippen LogP contribution in [0.3, 0.4) is 0 Å². The van der Waals surface area contributed by atoms with Crippen LogP contribution in [0.1, 0.15) is 10.4 Å². The van der Waals surface area contributed by atoms with Crippen LogP contribution in [0.15, 0.2) is 57.7 Å². The second-order valence-electron chi connectivity index (χ2n) is 5.09. The van der Waals surface area contributed by atoms with E-state index in [0.717, 1.165) is 0 Å². The number of carbonyl (C=O) groups excluding carboxylic acids is 1. The number of nitrogens with one attached hydrogen (secondary N) is 1. The molecule has 0 aliphatic heterocycles. The van der Waals surface area contributed by atoms with Crippen molar-refractivity contribution in [2.75, 3.05) is 12.4 Å². The Morgan fingerprint density at radius 3 is 2.68 bits per heavy atom. The fourth-order valence-corrected chi connectivity index (χ4v) is 2.33. The number of ether oxygens (including phenoxy) is 1. The summed E-state index contributed by atoms with van der Waals surface area (Å²) in [4.78, 5) is 34.7. The molecule has 1 heterocycles. The molecule has 3 rings (SSSR count). The number of rotatable bonds is 4. The summed E-state index contributed by atoms with van der Waals surface area (Å²) in [5.41, 5.74) is -0.786. The highest BCUT2D eigenvalue weighted by atomic mass is 16.6. The standard InChI is InChI=1S/C17H12N2O6/c1-24-14-7-2-4-10-8-13(17(21)25-15(10)14)16(20)18-11-5-3-6-12(9-11)19(22)23/h2-9H,1H3,(H,18,20). The molecule has 0 spiro atoms. The molecule has 1 aromatic heterocycles. The summed E-state index contributed by atoms with van der Waals surface area (Å²) in [6.07, 6.45) is 0. The van der Waals surface area contributed by atoms with Crippen LogP contribution in [0.4, 0.5) is 11.4 Å². The number of methoxy groups -OCH3 is 1. The zero-order valence-corrected chi connectivity index (χ0v) is 13.0. The van der Waals surface area contributed by atoms with Crippen LogP contribution in [-0.2, 0) is 0 Å². The molecule has 126 valence electrons. The largest absolute Gasteiger partial charge is 0.493 e. The van der Waals surface area contributed by atoms with Gasteiger partial charge < -0.3 is 14.5 Å². The van der Waals surface area contributed by atoms with Crippen LogP contribution in [0.2, 0.25) is 0 Å². The first-order valence-electron chi connectivity index (χ1n) is 7.16. The van der Waals surface area contributed by atoms with Crippen molar-refractivity contribution < 1.29 is 18.9 Å². The molecule has 3 aromatic rings. The lowest BCUT2D eigenvalue weighted by Gasteiger charge is -2.07. The molecule has 0 atom stereocenters. The van der Waals surface area contributed by atoms with Crippen molar-refractivity contribution in [3.63, 3.8) is 0 Å². The monoisotopic (exact) mass is 340 g/mol. The Hall–Kier alpha value is -3.68. The van der Waals surface area contributed by atoms with Gasteiger partial charge in [0, 0.05) is 23.2 Å². The maximum absolute atomic E-state index is 12.3. The highest BCUT2D eigenvalue weighted by Gasteiger charge is 2.16. The number of para-hydroxylation sites is 1. The third-order valence-corrected chi connectivity index (χ3v) is 3.50. The molecule has 25 heavy (non-hydrogen) atoms. The van der Waals surface area contributed by atoms with Crippen molar-refractivity contribution in [2.45, 2.75) is 0 Å². The first kappa shape index (κ1) is 16.2. The van der Waals surface area contributed by atoms with Gasteiger partial charge in [0.15, 0.2) is 11.3 Å². The van der Waals surface area contributed by atoms with Crippen molar-refractivity contribution in [1.29, 1.82) is 0 Å². The number of hydrogen-bond acceptors (Lipinski definition) is 6. The number of carbonyl (C=O) groups is 1. The summed E-state index contributed by atoms with van der Waals surface area (Å²) >= 11 is 0. The Labute approximate surface area is 140 Å². The highest BCUT2D eigenvalue weighted by Crippen LogP contribution is 2.25. The van der Waals surface area contributed by atoms with E-state index >= 15 is 0 Å². The minimum absolute atomic E-state index is 0.173. The molecule has 0 bridgehead atoms. The predicted molar refractivity (Wildman–Crippen MR) is 90.1 cm³/mol. The van der Waals surface area contributed by atoms with E-state index in [1.54, 1.807) is 18.2 Å². The van der Waals surface area contributed by atoms with Crippen LogP contribution in [0, 0.1) is 10.1 Å². The normalized spacial score (nSPS) is 10.4. The molecule has 1 amide bonds. The number of non-ortho nitro benzene ring substituents is 1. The third kappa shape index (κ3) is 3.18. The van der Waals surface area contributed by atoms with Gasteiger partial charge in [0.25, 0.3) is 11.6 Å². The smallest absolute Gasteiger partial charge is 0.349 e. The SMILES string of the molecule is COc1cccc2cc(C(=O)Nc3cccc([N+](=O)[O-])c3)c(=O)oc12. The van der Waals surface area contributed by atoms with E-state index in [1.807, 2.05) is 0 Å². The molecular weight excluding hydrogens is 328 g/mol. The first-order valence-corrected chi connectivity index (χ1v) is 7.16. The highest BCUT2D eigenvalue weighted by molar-refractivity contribution is 6.05. The van der Waals surface area contributed by atoms with Crippen molar-refractivity contribution >= 4 is 28.3 Å². The molecule has 0 fully saturated rings. The van der Waals surface area contributed by atoms with Crippen LogP contribution in [0.25, 0.3) is 11.0 Å². The predicted octanol–water partition coefficient (Wildman–Crippen LogP) is 2.96. The van der Waals surface area contributed by atoms with Gasteiger partial charge in [0.1, 0.15) is 5.56 Å². The number of benzene rings is 2. The van der Waals surface area contributed by atoms with Gasteiger partial charge in [-0.15, -0.1) is 0 Å². The number of nitrogens with zero attached hydrogens (tertiary/aromatic N) is 1. The van der Waals surface area contributed by atoms with Gasteiger partial charge in [-0.25, -0.2) is 4.79 Å². The molecule has 0 unspecified atom stereocenters. The van der Waals surface area contributed by atoms with E-state index in [1.165, 1.54) is 37.4 Å². The number of anilines is 1. The number of hydrogen-bond donors (Lipinski definition) is 1. The average molecular weight is 340 g/mol. The zero-order valence-electron chi connectivity index (χ0n) is 13.0. The van der Waals surface area contributed by atoms with Crippen LogP contribution in [-0.4, -0.2) is 17.9 Å². The fourth-order valence-electron chi connectivity index (χ4n) is 2.33. The maximum atomic E-state index is 12.3. The van der Waals surface area contributed by atoms with Crippen LogP contribution in [0.5, 0.6) is 5.75 Å². The Morgan fingerprint density at radius 2 is 1.96 bits per heavy atom. The van der Waals surface area contributed by atoms with Crippen molar-refractivity contribution in [3.8, 4) is 5.75 Å². The van der Waals surface area contributed by atoms with Gasteiger partial charge in [-0.05, 0) is 18.2 Å². The topological polar surface area (TPSA) is 112 Å².